The van der Waals surface area contributed by atoms with Crippen molar-refractivity contribution in [1.82, 2.24) is 15.1 Å². The molecular weight excluding hydrogens is 358 g/mol. The Morgan fingerprint density at radius 1 is 1.21 bits per heavy atom. The summed E-state index contributed by atoms with van der Waals surface area (Å²) in [7, 11) is 0. The lowest BCUT2D eigenvalue weighted by atomic mass is 10.2. The van der Waals surface area contributed by atoms with Crippen molar-refractivity contribution in [1.29, 1.82) is 0 Å². The molecule has 1 atom stereocenters. The lowest BCUT2D eigenvalue weighted by Crippen LogP contribution is -2.51. The minimum atomic E-state index is -0.418. The van der Waals surface area contributed by atoms with Crippen molar-refractivity contribution < 1.29 is 19.5 Å². The van der Waals surface area contributed by atoms with Gasteiger partial charge >= 0.3 is 6.03 Å². The Balaban J connectivity index is 0.00000108. The highest BCUT2D eigenvalue weighted by atomic mass is 16.3. The number of aliphatic hydroxyl groups is 1. The van der Waals surface area contributed by atoms with Crippen LogP contribution in [0.4, 0.5) is 4.79 Å². The predicted molar refractivity (Wildman–Crippen MR) is 111 cm³/mol. The molecule has 0 aromatic heterocycles. The second-order valence-corrected chi connectivity index (χ2v) is 5.99. The minimum Gasteiger partial charge on any atom is -0.389 e. The molecule has 28 heavy (non-hydrogen) atoms. The van der Waals surface area contributed by atoms with E-state index in [2.05, 4.69) is 5.32 Å². The van der Waals surface area contributed by atoms with Crippen LogP contribution in [0.3, 0.4) is 0 Å². The van der Waals surface area contributed by atoms with Crippen LogP contribution in [0.1, 0.15) is 46.1 Å². The van der Waals surface area contributed by atoms with Crippen molar-refractivity contribution in [2.24, 2.45) is 0 Å². The Labute approximate surface area is 168 Å². The Hall–Kier alpha value is -2.41. The van der Waals surface area contributed by atoms with Crippen LogP contribution >= 0.6 is 0 Å². The number of nitrogens with one attached hydrogen (secondary N) is 1. The number of nitrogens with zero attached hydrogens (tertiary/aromatic N) is 2. The molecule has 0 saturated carbocycles. The van der Waals surface area contributed by atoms with Crippen molar-refractivity contribution in [3.8, 4) is 0 Å². The number of urea groups is 1. The van der Waals surface area contributed by atoms with E-state index in [1.807, 2.05) is 62.9 Å². The summed E-state index contributed by atoms with van der Waals surface area (Å²) in [5, 5.41) is 10.4. The number of aliphatic hydroxyl groups excluding tert-OH is 1. The molecule has 1 aromatic carbocycles. The molecule has 1 heterocycles. The smallest absolute Gasteiger partial charge is 0.318 e. The number of carbonyl (C=O) groups is 3. The summed E-state index contributed by atoms with van der Waals surface area (Å²) < 4.78 is 0. The lowest BCUT2D eigenvalue weighted by Gasteiger charge is -2.30. The van der Waals surface area contributed by atoms with E-state index in [0.29, 0.717) is 19.4 Å². The fourth-order valence-corrected chi connectivity index (χ4v) is 2.80. The van der Waals surface area contributed by atoms with Crippen molar-refractivity contribution >= 4 is 18.2 Å². The van der Waals surface area contributed by atoms with E-state index < -0.39 is 6.04 Å². The third-order valence-corrected chi connectivity index (χ3v) is 4.21. The second-order valence-electron chi connectivity index (χ2n) is 5.99. The van der Waals surface area contributed by atoms with Crippen LogP contribution < -0.4 is 5.32 Å². The van der Waals surface area contributed by atoms with Gasteiger partial charge in [-0.05, 0) is 32.3 Å². The van der Waals surface area contributed by atoms with E-state index in [0.717, 1.165) is 31.5 Å². The summed E-state index contributed by atoms with van der Waals surface area (Å²) in [6, 6.07) is 9.16. The second kappa shape index (κ2) is 15.6. The zero-order valence-corrected chi connectivity index (χ0v) is 17.6. The number of likely N-dealkylation sites (tertiary alicyclic amines) is 1. The largest absolute Gasteiger partial charge is 0.389 e. The number of amides is 3. The summed E-state index contributed by atoms with van der Waals surface area (Å²) in [5.41, 5.74) is 1.05. The standard InChI is InChI=1S/C17H25N3O2.C2H4O2.C2H6/c1-3-20(14(2)16(21)19-11-7-8-12-19)17(22)18-13-15-9-5-4-6-10-15;3-1-2-4;1-2/h4-6,9-10,14H,3,7-8,11-13H2,1-2H3,(H,18,22);1,4H,2H2;1-2H3. The average Bonchev–Trinajstić information content (AvgIpc) is 3.29. The molecule has 0 bridgehead atoms. The molecule has 0 spiro atoms. The van der Waals surface area contributed by atoms with Crippen LogP contribution in [0.5, 0.6) is 0 Å². The first-order valence-electron chi connectivity index (χ1n) is 9.96. The van der Waals surface area contributed by atoms with Crippen LogP contribution in [-0.2, 0) is 16.1 Å². The summed E-state index contributed by atoms with van der Waals surface area (Å²) in [6.07, 6.45) is 2.55. The van der Waals surface area contributed by atoms with E-state index in [4.69, 9.17) is 9.90 Å². The average molecular weight is 394 g/mol. The van der Waals surface area contributed by atoms with Crippen molar-refractivity contribution in [3.05, 3.63) is 35.9 Å². The third kappa shape index (κ3) is 8.99. The van der Waals surface area contributed by atoms with Gasteiger partial charge in [-0.15, -0.1) is 0 Å². The van der Waals surface area contributed by atoms with E-state index >= 15 is 0 Å². The summed E-state index contributed by atoms with van der Waals surface area (Å²) in [6.45, 7) is 9.96. The van der Waals surface area contributed by atoms with E-state index in [1.54, 1.807) is 4.90 Å². The van der Waals surface area contributed by atoms with Crippen LogP contribution in [0.25, 0.3) is 0 Å². The van der Waals surface area contributed by atoms with Crippen LogP contribution in [0.2, 0.25) is 0 Å². The van der Waals surface area contributed by atoms with Gasteiger partial charge in [-0.25, -0.2) is 4.79 Å². The minimum absolute atomic E-state index is 0.0502. The molecule has 1 aliphatic rings. The third-order valence-electron chi connectivity index (χ3n) is 4.21. The van der Waals surface area contributed by atoms with Gasteiger partial charge in [0.15, 0.2) is 0 Å². The van der Waals surface area contributed by atoms with Crippen molar-refractivity contribution in [2.75, 3.05) is 26.2 Å². The van der Waals surface area contributed by atoms with Crippen LogP contribution in [0, 0.1) is 0 Å². The molecule has 2 rings (SSSR count). The molecule has 7 nitrogen and oxygen atoms in total. The molecule has 1 aliphatic heterocycles. The Morgan fingerprint density at radius 2 is 1.75 bits per heavy atom. The maximum atomic E-state index is 12.4. The molecule has 1 unspecified atom stereocenters. The van der Waals surface area contributed by atoms with Crippen molar-refractivity contribution in [2.45, 2.75) is 53.1 Å². The first-order chi connectivity index (χ1) is 13.5. The summed E-state index contributed by atoms with van der Waals surface area (Å²) in [4.78, 5) is 37.2. The highest BCUT2D eigenvalue weighted by Crippen LogP contribution is 2.12. The van der Waals surface area contributed by atoms with Gasteiger partial charge in [0.25, 0.3) is 0 Å². The van der Waals surface area contributed by atoms with Gasteiger partial charge in [-0.2, -0.15) is 0 Å². The predicted octanol–water partition coefficient (Wildman–Crippen LogP) is 2.43. The number of aldehydes is 1. The SMILES string of the molecule is CC.CCN(C(=O)NCc1ccccc1)C(C)C(=O)N1CCCC1.O=CCO. The first-order valence-corrected chi connectivity index (χ1v) is 9.96. The van der Waals surface area contributed by atoms with Gasteiger partial charge in [0.1, 0.15) is 12.3 Å². The monoisotopic (exact) mass is 393 g/mol. The number of hydrogen-bond acceptors (Lipinski definition) is 4. The highest BCUT2D eigenvalue weighted by molar-refractivity contribution is 5.87. The molecular formula is C21H35N3O4. The zero-order valence-electron chi connectivity index (χ0n) is 17.6. The Bertz CT molecular complexity index is 560. The molecule has 158 valence electrons. The number of hydrogen-bond donors (Lipinski definition) is 2. The number of carbonyl (C=O) groups excluding carboxylic acids is 3. The Morgan fingerprint density at radius 3 is 2.21 bits per heavy atom. The maximum absolute atomic E-state index is 12.4. The summed E-state index contributed by atoms with van der Waals surface area (Å²) >= 11 is 0. The number of rotatable bonds is 6. The van der Waals surface area contributed by atoms with Gasteiger partial charge in [0.2, 0.25) is 5.91 Å². The number of benzene rings is 1. The van der Waals surface area contributed by atoms with Gasteiger partial charge in [-0.1, -0.05) is 44.2 Å². The van der Waals surface area contributed by atoms with E-state index in [1.165, 1.54) is 0 Å². The van der Waals surface area contributed by atoms with E-state index in [-0.39, 0.29) is 18.5 Å². The fourth-order valence-electron chi connectivity index (χ4n) is 2.80. The van der Waals surface area contributed by atoms with Gasteiger partial charge < -0.3 is 25.0 Å². The summed E-state index contributed by atoms with van der Waals surface area (Å²) in [5.74, 6) is 0.0502. The normalized spacial score (nSPS) is 13.2. The molecule has 3 amide bonds. The molecule has 1 aromatic rings. The Kier molecular flexibility index (Phi) is 14.3. The molecule has 2 N–H and O–H groups in total. The lowest BCUT2D eigenvalue weighted by molar-refractivity contribution is -0.134. The maximum Gasteiger partial charge on any atom is 0.318 e. The van der Waals surface area contributed by atoms with Gasteiger partial charge in [0, 0.05) is 26.2 Å². The molecule has 1 saturated heterocycles. The first kappa shape index (κ1) is 25.6. The van der Waals surface area contributed by atoms with Crippen LogP contribution in [0.15, 0.2) is 30.3 Å². The number of likely N-dealkylation sites (N-methyl/N-ethyl adjacent to an activating group) is 1. The highest BCUT2D eigenvalue weighted by Gasteiger charge is 2.29. The molecule has 1 fully saturated rings. The quantitative estimate of drug-likeness (QED) is 0.727. The van der Waals surface area contributed by atoms with E-state index in [9.17, 15) is 9.59 Å². The topological polar surface area (TPSA) is 90.0 Å². The molecule has 0 radical (unpaired) electrons. The molecule has 0 aliphatic carbocycles. The van der Waals surface area contributed by atoms with Crippen LogP contribution in [-0.4, -0.2) is 65.4 Å². The van der Waals surface area contributed by atoms with Crippen molar-refractivity contribution in [3.63, 3.8) is 0 Å². The molecule has 7 heteroatoms. The van der Waals surface area contributed by atoms with Gasteiger partial charge in [0.05, 0.1) is 6.61 Å². The fraction of sp³-hybridized carbons (Fsp3) is 0.571. The zero-order chi connectivity index (χ0) is 21.4. The van der Waals surface area contributed by atoms with Gasteiger partial charge in [-0.3, -0.25) is 4.79 Å².